The molecular weight excluding hydrogens is 306 g/mol. The second-order valence-electron chi connectivity index (χ2n) is 6.13. The lowest BCUT2D eigenvalue weighted by atomic mass is 10.1. The van der Waals surface area contributed by atoms with E-state index in [2.05, 4.69) is 15.2 Å². The molecule has 3 heterocycles. The Balaban J connectivity index is 1.46. The Morgan fingerprint density at radius 2 is 2.38 bits per heavy atom. The molecule has 128 valence electrons. The SMILES string of the molecule is Cn1cnnc1CCC(=O)N1CCC[C@H](OCc2cccnc2)C1. The molecule has 24 heavy (non-hydrogen) atoms. The molecule has 1 aliphatic heterocycles. The fraction of sp³-hybridized carbons (Fsp3) is 0.529. The molecule has 2 aromatic heterocycles. The van der Waals surface area contributed by atoms with E-state index in [1.807, 2.05) is 34.8 Å². The van der Waals surface area contributed by atoms with Crippen molar-refractivity contribution < 1.29 is 9.53 Å². The summed E-state index contributed by atoms with van der Waals surface area (Å²) >= 11 is 0. The summed E-state index contributed by atoms with van der Waals surface area (Å²) in [7, 11) is 1.89. The van der Waals surface area contributed by atoms with Gasteiger partial charge in [0, 0.05) is 45.4 Å². The Bertz CT molecular complexity index is 658. The van der Waals surface area contributed by atoms with Crippen molar-refractivity contribution in [2.24, 2.45) is 7.05 Å². The first kappa shape index (κ1) is 16.6. The summed E-state index contributed by atoms with van der Waals surface area (Å²) in [6, 6.07) is 3.90. The van der Waals surface area contributed by atoms with Gasteiger partial charge in [0.15, 0.2) is 0 Å². The second kappa shape index (κ2) is 8.01. The summed E-state index contributed by atoms with van der Waals surface area (Å²) in [4.78, 5) is 18.4. The van der Waals surface area contributed by atoms with Crippen molar-refractivity contribution in [1.82, 2.24) is 24.6 Å². The highest BCUT2D eigenvalue weighted by Crippen LogP contribution is 2.16. The van der Waals surface area contributed by atoms with Crippen molar-refractivity contribution in [2.45, 2.75) is 38.4 Å². The van der Waals surface area contributed by atoms with Crippen molar-refractivity contribution in [1.29, 1.82) is 0 Å². The molecule has 7 heteroatoms. The Morgan fingerprint density at radius 3 is 3.12 bits per heavy atom. The lowest BCUT2D eigenvalue weighted by Gasteiger charge is -2.32. The van der Waals surface area contributed by atoms with Crippen molar-refractivity contribution in [3.05, 3.63) is 42.2 Å². The van der Waals surface area contributed by atoms with E-state index in [1.165, 1.54) is 0 Å². The minimum Gasteiger partial charge on any atom is -0.372 e. The number of rotatable bonds is 6. The Morgan fingerprint density at radius 1 is 1.46 bits per heavy atom. The van der Waals surface area contributed by atoms with Gasteiger partial charge in [-0.05, 0) is 24.5 Å². The first-order valence-corrected chi connectivity index (χ1v) is 8.33. The Kier molecular flexibility index (Phi) is 5.53. The number of amides is 1. The number of carbonyl (C=O) groups excluding carboxylic acids is 1. The molecule has 1 aliphatic rings. The van der Waals surface area contributed by atoms with Gasteiger partial charge in [-0.1, -0.05) is 6.07 Å². The van der Waals surface area contributed by atoms with E-state index in [4.69, 9.17) is 4.74 Å². The lowest BCUT2D eigenvalue weighted by molar-refractivity contribution is -0.135. The maximum Gasteiger partial charge on any atom is 0.223 e. The molecule has 3 rings (SSSR count). The average molecular weight is 329 g/mol. The zero-order chi connectivity index (χ0) is 16.8. The Labute approximate surface area is 141 Å². The normalized spacial score (nSPS) is 17.9. The number of likely N-dealkylation sites (tertiary alicyclic amines) is 1. The van der Waals surface area contributed by atoms with Crippen LogP contribution in [0.3, 0.4) is 0 Å². The molecule has 0 saturated carbocycles. The monoisotopic (exact) mass is 329 g/mol. The van der Waals surface area contributed by atoms with Gasteiger partial charge in [0.1, 0.15) is 12.2 Å². The van der Waals surface area contributed by atoms with Crippen molar-refractivity contribution in [3.63, 3.8) is 0 Å². The fourth-order valence-corrected chi connectivity index (χ4v) is 2.91. The number of hydrogen-bond donors (Lipinski definition) is 0. The molecule has 1 fully saturated rings. The van der Waals surface area contributed by atoms with Gasteiger partial charge >= 0.3 is 0 Å². The number of aryl methyl sites for hydroxylation is 2. The number of carbonyl (C=O) groups is 1. The third-order valence-electron chi connectivity index (χ3n) is 4.31. The van der Waals surface area contributed by atoms with Gasteiger partial charge in [0.05, 0.1) is 12.7 Å². The highest BCUT2D eigenvalue weighted by molar-refractivity contribution is 5.76. The first-order chi connectivity index (χ1) is 11.7. The van der Waals surface area contributed by atoms with Gasteiger partial charge in [0.2, 0.25) is 5.91 Å². The first-order valence-electron chi connectivity index (χ1n) is 8.33. The molecule has 7 nitrogen and oxygen atoms in total. The summed E-state index contributed by atoms with van der Waals surface area (Å²) < 4.78 is 7.81. The number of aromatic nitrogens is 4. The van der Waals surface area contributed by atoms with Crippen LogP contribution in [0.15, 0.2) is 30.9 Å². The summed E-state index contributed by atoms with van der Waals surface area (Å²) in [5.41, 5.74) is 1.06. The van der Waals surface area contributed by atoms with Crippen LogP contribution in [0.4, 0.5) is 0 Å². The van der Waals surface area contributed by atoms with Gasteiger partial charge in [-0.3, -0.25) is 9.78 Å². The molecular formula is C17H23N5O2. The minimum atomic E-state index is 0.0951. The highest BCUT2D eigenvalue weighted by atomic mass is 16.5. The molecule has 0 radical (unpaired) electrons. The van der Waals surface area contributed by atoms with Gasteiger partial charge in [0.25, 0.3) is 0 Å². The molecule has 1 saturated heterocycles. The topological polar surface area (TPSA) is 73.1 Å². The van der Waals surface area contributed by atoms with Crippen LogP contribution < -0.4 is 0 Å². The van der Waals surface area contributed by atoms with Gasteiger partial charge in [-0.25, -0.2) is 0 Å². The standard InChI is InChI=1S/C17H23N5O2/c1-21-13-19-20-16(21)6-7-17(23)22-9-3-5-15(11-22)24-12-14-4-2-8-18-10-14/h2,4,8,10,13,15H,3,5-7,9,11-12H2,1H3/t15-/m0/s1. The van der Waals surface area contributed by atoms with Gasteiger partial charge in [-0.2, -0.15) is 0 Å². The second-order valence-corrected chi connectivity index (χ2v) is 6.13. The smallest absolute Gasteiger partial charge is 0.223 e. The zero-order valence-electron chi connectivity index (χ0n) is 14.0. The predicted octanol–water partition coefficient (Wildman–Crippen LogP) is 1.35. The van der Waals surface area contributed by atoms with E-state index in [0.717, 1.165) is 30.8 Å². The summed E-state index contributed by atoms with van der Waals surface area (Å²) in [6.45, 7) is 2.02. The number of piperidine rings is 1. The van der Waals surface area contributed by atoms with E-state index < -0.39 is 0 Å². The third-order valence-corrected chi connectivity index (χ3v) is 4.31. The molecule has 0 bridgehead atoms. The van der Waals surface area contributed by atoms with E-state index in [9.17, 15) is 4.79 Å². The van der Waals surface area contributed by atoms with Crippen LogP contribution in [0.1, 0.15) is 30.7 Å². The van der Waals surface area contributed by atoms with E-state index >= 15 is 0 Å². The number of hydrogen-bond acceptors (Lipinski definition) is 5. The van der Waals surface area contributed by atoms with Gasteiger partial charge in [-0.15, -0.1) is 10.2 Å². The predicted molar refractivity (Wildman–Crippen MR) is 88.0 cm³/mol. The van der Waals surface area contributed by atoms with Crippen molar-refractivity contribution in [2.75, 3.05) is 13.1 Å². The van der Waals surface area contributed by atoms with Crippen LogP contribution >= 0.6 is 0 Å². The zero-order valence-corrected chi connectivity index (χ0v) is 14.0. The van der Waals surface area contributed by atoms with E-state index in [-0.39, 0.29) is 12.0 Å². The number of pyridine rings is 1. The van der Waals surface area contributed by atoms with Crippen LogP contribution in [0, 0.1) is 0 Å². The van der Waals surface area contributed by atoms with Crippen molar-refractivity contribution in [3.8, 4) is 0 Å². The van der Waals surface area contributed by atoms with Crippen LogP contribution in [-0.4, -0.2) is 49.7 Å². The summed E-state index contributed by atoms with van der Waals surface area (Å²) in [5, 5.41) is 7.86. The molecule has 0 unspecified atom stereocenters. The lowest BCUT2D eigenvalue weighted by Crippen LogP contribution is -2.43. The van der Waals surface area contributed by atoms with Crippen LogP contribution in [0.2, 0.25) is 0 Å². The quantitative estimate of drug-likeness (QED) is 0.800. The molecule has 0 aromatic carbocycles. The van der Waals surface area contributed by atoms with Crippen LogP contribution in [0.25, 0.3) is 0 Å². The molecule has 1 amide bonds. The maximum absolute atomic E-state index is 12.4. The molecule has 2 aromatic rings. The third kappa shape index (κ3) is 4.38. The van der Waals surface area contributed by atoms with Crippen LogP contribution in [0.5, 0.6) is 0 Å². The Hall–Kier alpha value is -2.28. The summed E-state index contributed by atoms with van der Waals surface area (Å²) in [6.07, 6.45) is 8.37. The van der Waals surface area contributed by atoms with E-state index in [0.29, 0.717) is 26.0 Å². The number of ether oxygens (including phenoxy) is 1. The fourth-order valence-electron chi connectivity index (χ4n) is 2.91. The van der Waals surface area contributed by atoms with Crippen LogP contribution in [-0.2, 0) is 29.6 Å². The van der Waals surface area contributed by atoms with Gasteiger partial charge < -0.3 is 14.2 Å². The molecule has 0 spiro atoms. The summed E-state index contributed by atoms with van der Waals surface area (Å²) in [5.74, 6) is 0.998. The number of nitrogens with zero attached hydrogens (tertiary/aromatic N) is 5. The minimum absolute atomic E-state index is 0.0951. The average Bonchev–Trinajstić information content (AvgIpc) is 3.04. The molecule has 0 N–H and O–H groups in total. The highest BCUT2D eigenvalue weighted by Gasteiger charge is 2.24. The molecule has 0 aliphatic carbocycles. The molecule has 1 atom stereocenters. The maximum atomic E-state index is 12.4. The van der Waals surface area contributed by atoms with E-state index in [1.54, 1.807) is 12.5 Å². The van der Waals surface area contributed by atoms with Crippen molar-refractivity contribution >= 4 is 5.91 Å². The largest absolute Gasteiger partial charge is 0.372 e.